The lowest BCUT2D eigenvalue weighted by atomic mass is 9.96. The first kappa shape index (κ1) is 9.22. The topological polar surface area (TPSA) is 29.5 Å². The highest BCUT2D eigenvalue weighted by molar-refractivity contribution is 5.48. The first-order chi connectivity index (χ1) is 6.21. The van der Waals surface area contributed by atoms with Crippen LogP contribution >= 0.6 is 0 Å². The van der Waals surface area contributed by atoms with Crippen LogP contribution in [-0.2, 0) is 4.89 Å². The van der Waals surface area contributed by atoms with E-state index in [1.807, 2.05) is 0 Å². The van der Waals surface area contributed by atoms with Gasteiger partial charge in [-0.1, -0.05) is 19.9 Å². The lowest BCUT2D eigenvalue weighted by molar-refractivity contribution is -0.298. The smallest absolute Gasteiger partial charge is 0.134 e. The molecule has 1 fully saturated rings. The van der Waals surface area contributed by atoms with Gasteiger partial charge >= 0.3 is 0 Å². The van der Waals surface area contributed by atoms with Crippen molar-refractivity contribution in [2.24, 2.45) is 5.41 Å². The Balaban J connectivity index is 2.31. The van der Waals surface area contributed by atoms with Crippen LogP contribution in [0.3, 0.4) is 0 Å². The second kappa shape index (κ2) is 2.82. The molecule has 13 heavy (non-hydrogen) atoms. The summed E-state index contributed by atoms with van der Waals surface area (Å²) in [6, 6.07) is 0. The summed E-state index contributed by atoms with van der Waals surface area (Å²) in [5, 5.41) is 9.04. The van der Waals surface area contributed by atoms with Crippen molar-refractivity contribution in [1.29, 1.82) is 0 Å². The van der Waals surface area contributed by atoms with Crippen LogP contribution in [0.5, 0.6) is 0 Å². The SMILES string of the molecule is CCC1(C)C2=CCCCCC21OO. The molecule has 2 heteroatoms. The molecule has 0 aliphatic heterocycles. The van der Waals surface area contributed by atoms with Gasteiger partial charge < -0.3 is 0 Å². The molecule has 2 aliphatic rings. The van der Waals surface area contributed by atoms with Gasteiger partial charge in [0.1, 0.15) is 5.60 Å². The van der Waals surface area contributed by atoms with Crippen LogP contribution in [0.1, 0.15) is 46.0 Å². The Morgan fingerprint density at radius 3 is 2.92 bits per heavy atom. The van der Waals surface area contributed by atoms with Crippen LogP contribution in [0.25, 0.3) is 0 Å². The normalized spacial score (nSPS) is 43.5. The van der Waals surface area contributed by atoms with E-state index in [-0.39, 0.29) is 11.0 Å². The molecule has 0 spiro atoms. The van der Waals surface area contributed by atoms with Crippen molar-refractivity contribution in [3.05, 3.63) is 11.6 Å². The molecule has 74 valence electrons. The maximum atomic E-state index is 9.04. The molecule has 0 bridgehead atoms. The van der Waals surface area contributed by atoms with Gasteiger partial charge in [0.15, 0.2) is 0 Å². The number of fused-ring (bicyclic) bond motifs is 1. The summed E-state index contributed by atoms with van der Waals surface area (Å²) in [7, 11) is 0. The molecular weight excluding hydrogens is 164 g/mol. The Bertz CT molecular complexity index is 246. The zero-order valence-corrected chi connectivity index (χ0v) is 8.47. The third-order valence-electron chi connectivity index (χ3n) is 4.05. The Morgan fingerprint density at radius 2 is 2.31 bits per heavy atom. The van der Waals surface area contributed by atoms with Gasteiger partial charge in [-0.2, -0.15) is 0 Å². The molecular formula is C11H18O2. The fourth-order valence-electron chi connectivity index (χ4n) is 2.89. The Kier molecular flexibility index (Phi) is 2.00. The minimum absolute atomic E-state index is 0.113. The summed E-state index contributed by atoms with van der Waals surface area (Å²) in [6.45, 7) is 4.36. The van der Waals surface area contributed by atoms with Crippen molar-refractivity contribution in [2.45, 2.75) is 51.6 Å². The summed E-state index contributed by atoms with van der Waals surface area (Å²) in [6.07, 6.45) is 7.85. The number of hydrogen-bond donors (Lipinski definition) is 1. The van der Waals surface area contributed by atoms with Crippen LogP contribution in [-0.4, -0.2) is 10.9 Å². The maximum absolute atomic E-state index is 9.04. The van der Waals surface area contributed by atoms with E-state index in [0.717, 1.165) is 25.7 Å². The Hall–Kier alpha value is -0.340. The molecule has 0 amide bonds. The van der Waals surface area contributed by atoms with E-state index in [0.29, 0.717) is 0 Å². The van der Waals surface area contributed by atoms with Crippen LogP contribution < -0.4 is 0 Å². The van der Waals surface area contributed by atoms with Gasteiger partial charge in [-0.05, 0) is 37.7 Å². The third kappa shape index (κ3) is 0.960. The second-order valence-corrected chi connectivity index (χ2v) is 4.47. The molecule has 2 atom stereocenters. The maximum Gasteiger partial charge on any atom is 0.134 e. The van der Waals surface area contributed by atoms with Gasteiger partial charge in [-0.25, -0.2) is 4.89 Å². The monoisotopic (exact) mass is 182 g/mol. The standard InChI is InChI=1S/C11H18O2/c1-3-10(2)9-7-5-4-6-8-11(9,10)13-12/h7,12H,3-6,8H2,1-2H3. The molecule has 0 heterocycles. The zero-order valence-electron chi connectivity index (χ0n) is 8.47. The van der Waals surface area contributed by atoms with E-state index in [4.69, 9.17) is 10.1 Å². The average molecular weight is 182 g/mol. The summed E-state index contributed by atoms with van der Waals surface area (Å²) in [5.74, 6) is 0. The van der Waals surface area contributed by atoms with Crippen molar-refractivity contribution in [3.63, 3.8) is 0 Å². The third-order valence-corrected chi connectivity index (χ3v) is 4.05. The molecule has 0 aromatic carbocycles. The van der Waals surface area contributed by atoms with Crippen LogP contribution in [0, 0.1) is 5.41 Å². The summed E-state index contributed by atoms with van der Waals surface area (Å²) in [4.78, 5) is 4.77. The summed E-state index contributed by atoms with van der Waals surface area (Å²) in [5.41, 5.74) is 1.14. The first-order valence-corrected chi connectivity index (χ1v) is 5.25. The largest absolute Gasteiger partial charge is 0.251 e. The average Bonchev–Trinajstić information content (AvgIpc) is 2.75. The van der Waals surface area contributed by atoms with Crippen molar-refractivity contribution >= 4 is 0 Å². The molecule has 1 N–H and O–H groups in total. The summed E-state index contributed by atoms with van der Waals surface area (Å²) >= 11 is 0. The molecule has 1 saturated carbocycles. The number of rotatable bonds is 2. The molecule has 0 aromatic heterocycles. The Morgan fingerprint density at radius 1 is 1.54 bits per heavy atom. The van der Waals surface area contributed by atoms with Gasteiger partial charge in [0.2, 0.25) is 0 Å². The van der Waals surface area contributed by atoms with Crippen molar-refractivity contribution in [2.75, 3.05) is 0 Å². The number of allylic oxidation sites excluding steroid dienone is 1. The predicted molar refractivity (Wildman–Crippen MR) is 51.4 cm³/mol. The Labute approximate surface area is 79.5 Å². The molecule has 0 aromatic rings. The van der Waals surface area contributed by atoms with Crippen LogP contribution in [0.2, 0.25) is 0 Å². The zero-order chi connectivity index (χ0) is 9.53. The van der Waals surface area contributed by atoms with E-state index in [2.05, 4.69) is 19.9 Å². The number of hydrogen-bond acceptors (Lipinski definition) is 2. The molecule has 0 radical (unpaired) electrons. The van der Waals surface area contributed by atoms with E-state index >= 15 is 0 Å². The van der Waals surface area contributed by atoms with E-state index < -0.39 is 0 Å². The predicted octanol–water partition coefficient (Wildman–Crippen LogP) is 3.15. The van der Waals surface area contributed by atoms with Gasteiger partial charge in [0.05, 0.1) is 0 Å². The van der Waals surface area contributed by atoms with Gasteiger partial charge in [-0.3, -0.25) is 5.26 Å². The molecule has 2 unspecified atom stereocenters. The van der Waals surface area contributed by atoms with Crippen LogP contribution in [0.4, 0.5) is 0 Å². The van der Waals surface area contributed by atoms with E-state index in [1.54, 1.807) is 0 Å². The van der Waals surface area contributed by atoms with Crippen LogP contribution in [0.15, 0.2) is 11.6 Å². The minimum Gasteiger partial charge on any atom is -0.251 e. The van der Waals surface area contributed by atoms with Gasteiger partial charge in [0, 0.05) is 5.41 Å². The highest BCUT2D eigenvalue weighted by atomic mass is 17.1. The molecule has 2 rings (SSSR count). The lowest BCUT2D eigenvalue weighted by Gasteiger charge is -2.16. The quantitative estimate of drug-likeness (QED) is 0.404. The fourth-order valence-corrected chi connectivity index (χ4v) is 2.89. The molecule has 2 nitrogen and oxygen atoms in total. The highest BCUT2D eigenvalue weighted by Gasteiger charge is 2.70. The van der Waals surface area contributed by atoms with Crippen molar-refractivity contribution in [3.8, 4) is 0 Å². The van der Waals surface area contributed by atoms with Crippen molar-refractivity contribution < 1.29 is 10.1 Å². The lowest BCUT2D eigenvalue weighted by Crippen LogP contribution is -2.20. The van der Waals surface area contributed by atoms with Gasteiger partial charge in [0.25, 0.3) is 0 Å². The summed E-state index contributed by atoms with van der Waals surface area (Å²) < 4.78 is 0. The molecule has 2 aliphatic carbocycles. The minimum atomic E-state index is -0.307. The second-order valence-electron chi connectivity index (χ2n) is 4.47. The highest BCUT2D eigenvalue weighted by Crippen LogP contribution is 2.68. The first-order valence-electron chi connectivity index (χ1n) is 5.25. The van der Waals surface area contributed by atoms with Gasteiger partial charge in [-0.15, -0.1) is 0 Å². The van der Waals surface area contributed by atoms with Crippen molar-refractivity contribution in [1.82, 2.24) is 0 Å². The van der Waals surface area contributed by atoms with E-state index in [9.17, 15) is 0 Å². The fraction of sp³-hybridized carbons (Fsp3) is 0.818. The molecule has 0 saturated heterocycles. The van der Waals surface area contributed by atoms with E-state index in [1.165, 1.54) is 12.0 Å².